The zero-order valence-electron chi connectivity index (χ0n) is 60.4. The van der Waals surface area contributed by atoms with E-state index in [0.717, 1.165) is 54.1 Å². The summed E-state index contributed by atoms with van der Waals surface area (Å²) in [6, 6.07) is 24.7. The molecule has 7 aromatic carbocycles. The number of alkyl halides is 3. The molecule has 36 heteroatoms. The molecule has 0 bridgehead atoms. The molecule has 0 unspecified atom stereocenters. The first-order valence-electron chi connectivity index (χ1n) is 36.2. The lowest BCUT2D eigenvalue weighted by molar-refractivity contribution is -0.137. The Morgan fingerprint density at radius 1 is 0.513 bits per heavy atom. The fraction of sp³-hybridized carbons (Fsp3) is 0.429. The largest absolute Gasteiger partial charge is 0.497 e. The third-order valence-corrected chi connectivity index (χ3v) is 38.9. The van der Waals surface area contributed by atoms with E-state index < -0.39 is 218 Å². The molecule has 6 fully saturated rings. The van der Waals surface area contributed by atoms with E-state index in [0.29, 0.717) is 27.9 Å². The van der Waals surface area contributed by atoms with Crippen molar-refractivity contribution in [2.24, 2.45) is 35.5 Å². The number of halogens is 11. The molecule has 0 spiro atoms. The third-order valence-electron chi connectivity index (χ3n) is 24.7. The molecule has 0 radical (unpaired) electrons. The predicted octanol–water partition coefficient (Wildman–Crippen LogP) is 14.2. The number of allylic oxidation sites excluding steroid dienone is 1. The van der Waals surface area contributed by atoms with E-state index in [4.69, 9.17) is 42.1 Å². The van der Waals surface area contributed by atoms with Crippen LogP contribution in [-0.2, 0) is 86.5 Å². The second kappa shape index (κ2) is 29.9. The number of ether oxygens (including phenoxy) is 4. The van der Waals surface area contributed by atoms with Crippen molar-refractivity contribution in [2.45, 2.75) is 154 Å². The molecule has 2 N–H and O–H groups in total. The number of sulfone groups is 3. The Morgan fingerprint density at radius 2 is 0.867 bits per heavy atom. The lowest BCUT2D eigenvalue weighted by Gasteiger charge is -2.57. The van der Waals surface area contributed by atoms with Crippen molar-refractivity contribution in [2.75, 3.05) is 26.9 Å². The van der Waals surface area contributed by atoms with Gasteiger partial charge in [-0.05, 0) is 223 Å². The van der Waals surface area contributed by atoms with Crippen molar-refractivity contribution < 1.29 is 109 Å². The van der Waals surface area contributed by atoms with Crippen molar-refractivity contribution >= 4 is 82.8 Å². The van der Waals surface area contributed by atoms with E-state index in [-0.39, 0.29) is 111 Å². The van der Waals surface area contributed by atoms with E-state index in [2.05, 4.69) is 16.0 Å². The SMILES string of the molecule is C=CC[C@@H]1C[C@@H]2[C@@H](CC[C@@]3(S(=O)(=O)c4ccc(Cl)cc4)c4c(F)ccc(F)c4OC[C@@H]23)N(Cc2ccc(OC)cc2)S1(=O)=O.C[C@H]1C[C@H]2[C@H](CC[C@]3(S(=O)(=O)c4ccc(C(F)(F)F)cc4)c4c(F)ccc(F)c4OC[C@H]23)NS1(=O)=O.C[C@H]1C[C@H]2[C@H](CC[C@]3(S(=O)(=O)c4ccc(Cl)cc4)c4c(F)ccc(F)c4OC[C@H]23)NS1(=O)=O. The fourth-order valence-corrected chi connectivity index (χ4v) is 31.8. The maximum atomic E-state index is 15.9. The monoisotopic (exact) mass is 1730 g/mol. The Kier molecular flexibility index (Phi) is 21.8. The molecule has 0 aromatic heterocycles. The van der Waals surface area contributed by atoms with Crippen LogP contribution in [0.3, 0.4) is 0 Å². The van der Waals surface area contributed by atoms with Gasteiger partial charge in [0, 0.05) is 52.5 Å². The van der Waals surface area contributed by atoms with Crippen LogP contribution in [0, 0.1) is 70.4 Å². The number of sulfonamides is 3. The van der Waals surface area contributed by atoms with Crippen LogP contribution in [0.2, 0.25) is 10.0 Å². The summed E-state index contributed by atoms with van der Waals surface area (Å²) in [5.41, 5.74) is -1.47. The molecular weight excluding hydrogens is 1660 g/mol. The molecule has 6 heterocycles. The Morgan fingerprint density at radius 3 is 1.23 bits per heavy atom. The first kappa shape index (κ1) is 82.5. The van der Waals surface area contributed by atoms with Gasteiger partial charge in [-0.3, -0.25) is 0 Å². The van der Waals surface area contributed by atoms with Gasteiger partial charge in [0.1, 0.15) is 37.4 Å². The quantitative estimate of drug-likeness (QED) is 0.0900. The summed E-state index contributed by atoms with van der Waals surface area (Å²) in [5, 5.41) is -1.85. The summed E-state index contributed by atoms with van der Waals surface area (Å²) in [5.74, 6) is -10.4. The van der Waals surface area contributed by atoms with Gasteiger partial charge in [-0.25, -0.2) is 86.3 Å². The smallest absolute Gasteiger partial charge is 0.416 e. The minimum Gasteiger partial charge on any atom is -0.497 e. The highest BCUT2D eigenvalue weighted by atomic mass is 35.5. The van der Waals surface area contributed by atoms with Crippen LogP contribution >= 0.6 is 23.2 Å². The molecule has 3 saturated carbocycles. The maximum absolute atomic E-state index is 15.9. The van der Waals surface area contributed by atoms with Crippen LogP contribution in [0.25, 0.3) is 0 Å². The fourth-order valence-electron chi connectivity index (χ4n) is 19.3. The highest BCUT2D eigenvalue weighted by Gasteiger charge is 2.68. The maximum Gasteiger partial charge on any atom is 0.416 e. The molecule has 19 nitrogen and oxygen atoms in total. The van der Waals surface area contributed by atoms with Gasteiger partial charge in [0.2, 0.25) is 30.1 Å². The van der Waals surface area contributed by atoms with Gasteiger partial charge in [-0.15, -0.1) is 6.58 Å². The molecule has 6 aliphatic heterocycles. The van der Waals surface area contributed by atoms with Gasteiger partial charge in [-0.2, -0.15) is 17.5 Å². The summed E-state index contributed by atoms with van der Waals surface area (Å²) in [6.07, 6.45) is -2.87. The normalized spacial score (nSPS) is 30.4. The Bertz CT molecular complexity index is 5660. The molecule has 113 heavy (non-hydrogen) atoms. The summed E-state index contributed by atoms with van der Waals surface area (Å²) in [4.78, 5) is -0.612. The lowest BCUT2D eigenvalue weighted by atomic mass is 9.64. The second-order valence-electron chi connectivity index (χ2n) is 30.2. The topological polar surface area (TPSA) is 269 Å². The zero-order chi connectivity index (χ0) is 81.5. The van der Waals surface area contributed by atoms with Crippen molar-refractivity contribution in [3.8, 4) is 23.0 Å². The first-order valence-corrected chi connectivity index (χ1v) is 46.0. The van der Waals surface area contributed by atoms with E-state index >= 15 is 17.6 Å². The number of methoxy groups -OCH3 is 1. The molecule has 3 aliphatic carbocycles. The van der Waals surface area contributed by atoms with Crippen LogP contribution in [0.1, 0.15) is 106 Å². The van der Waals surface area contributed by atoms with Gasteiger partial charge < -0.3 is 18.9 Å². The zero-order valence-corrected chi connectivity index (χ0v) is 66.8. The predicted molar refractivity (Wildman–Crippen MR) is 399 cm³/mol. The number of hydrogen-bond donors (Lipinski definition) is 2. The van der Waals surface area contributed by atoms with Crippen LogP contribution in [0.15, 0.2) is 161 Å². The number of benzene rings is 7. The third kappa shape index (κ3) is 13.5. The standard InChI is InChI=1S/C32H32ClF2NO6S2.C23H22F5NO5S2.C22H22ClF2NO5S2/c1-3-4-24-17-25-26-19-42-31-28(35)14-13-27(34)30(31)32(26,43(37,38)23-11-7-21(33)8-12-23)16-15-29(25)36(44(24,39)40)18-20-5-9-22(41-2)10-6-20;1-12-10-15-16-11-34-21-18(25)7-6-17(24)20(21)22(16,9-8-19(15)29-36(12,32)33)35(30,31)14-4-2-13(3-5-14)23(26,27)28;1-12-10-15-16-11-31-21-18(25)7-6-17(24)20(21)22(16,9-8-19(15)26-33(12,29)30)32(27,28)14-4-2-13(23)3-5-14/h3,5-14,24-26,29H,1,4,15-19H2,2H3;2-7,12,15-16,19,29H,8-11H2,1H3;2-7,12,15-16,19,26H,8-11H2,1H3/t24-,25+,26+,29-,32+;2*12-,15+,16+,19-,22+/m100/s1. The van der Waals surface area contributed by atoms with Gasteiger partial charge in [-0.1, -0.05) is 41.4 Å². The summed E-state index contributed by atoms with van der Waals surface area (Å²) in [6.45, 7) is 6.13. The van der Waals surface area contributed by atoms with Gasteiger partial charge >= 0.3 is 6.18 Å². The molecule has 3 saturated heterocycles. The van der Waals surface area contributed by atoms with Crippen LogP contribution in [0.4, 0.5) is 39.5 Å². The Balaban J connectivity index is 0.000000142. The molecule has 16 rings (SSSR count). The number of hydrogen-bond acceptors (Lipinski definition) is 16. The summed E-state index contributed by atoms with van der Waals surface area (Å²) < 4.78 is 318. The first-order chi connectivity index (χ1) is 53.1. The Hall–Kier alpha value is -6.99. The summed E-state index contributed by atoms with van der Waals surface area (Å²) in [7, 11) is -22.8. The van der Waals surface area contributed by atoms with E-state index in [9.17, 15) is 72.5 Å². The van der Waals surface area contributed by atoms with E-state index in [1.807, 2.05) is 0 Å². The number of nitrogens with zero attached hydrogens (tertiary/aromatic N) is 1. The molecule has 15 atom stereocenters. The number of nitrogens with one attached hydrogen (secondary N) is 2. The molecule has 608 valence electrons. The van der Waals surface area contributed by atoms with Gasteiger partial charge in [0.15, 0.2) is 64.2 Å². The highest BCUT2D eigenvalue weighted by molar-refractivity contribution is 7.93. The Labute approximate surface area is 658 Å². The van der Waals surface area contributed by atoms with Crippen molar-refractivity contribution in [1.29, 1.82) is 0 Å². The summed E-state index contributed by atoms with van der Waals surface area (Å²) >= 11 is 12.0. The lowest BCUT2D eigenvalue weighted by Crippen LogP contribution is -2.64. The molecular formula is C77H76Cl2F9N3O16S6. The minimum atomic E-state index is -4.70. The van der Waals surface area contributed by atoms with Crippen LogP contribution in [0.5, 0.6) is 23.0 Å². The minimum absolute atomic E-state index is 0.00236. The van der Waals surface area contributed by atoms with Crippen LogP contribution < -0.4 is 28.4 Å². The van der Waals surface area contributed by atoms with Crippen molar-refractivity contribution in [3.63, 3.8) is 0 Å². The van der Waals surface area contributed by atoms with Gasteiger partial charge in [0.05, 0.1) is 79.6 Å². The van der Waals surface area contributed by atoms with E-state index in [1.54, 1.807) is 38.3 Å². The molecule has 0 amide bonds. The average Bonchev–Trinajstić information content (AvgIpc) is 0.712. The molecule has 7 aromatic rings. The van der Waals surface area contributed by atoms with Crippen molar-refractivity contribution in [3.05, 3.63) is 219 Å². The van der Waals surface area contributed by atoms with Crippen LogP contribution in [-0.4, -0.2) is 116 Å². The number of fused-ring (bicyclic) bond motifs is 15. The van der Waals surface area contributed by atoms with Crippen molar-refractivity contribution in [1.82, 2.24) is 13.7 Å². The highest BCUT2D eigenvalue weighted by Crippen LogP contribution is 2.64. The van der Waals surface area contributed by atoms with E-state index in [1.165, 1.54) is 65.8 Å². The number of rotatable bonds is 11. The van der Waals surface area contributed by atoms with Gasteiger partial charge in [0.25, 0.3) is 0 Å². The molecule has 9 aliphatic rings. The second-order valence-corrected chi connectivity index (χ2v) is 44.1. The average molecular weight is 1730 g/mol.